The summed E-state index contributed by atoms with van der Waals surface area (Å²) < 4.78 is 0. The lowest BCUT2D eigenvalue weighted by atomic mass is 10.1. The Labute approximate surface area is 81.2 Å². The first kappa shape index (κ1) is 10.1. The van der Waals surface area contributed by atoms with Gasteiger partial charge in [-0.1, -0.05) is 32.0 Å². The highest BCUT2D eigenvalue weighted by Crippen LogP contribution is 2.11. The van der Waals surface area contributed by atoms with Gasteiger partial charge in [0.05, 0.1) is 0 Å². The Kier molecular flexibility index (Phi) is 3.81. The summed E-state index contributed by atoms with van der Waals surface area (Å²) in [6.45, 7) is 6.74. The van der Waals surface area contributed by atoms with Crippen LogP contribution in [0.25, 0.3) is 0 Å². The fourth-order valence-electron chi connectivity index (χ4n) is 1.58. The molecule has 72 valence electrons. The first-order chi connectivity index (χ1) is 6.18. The minimum Gasteiger partial charge on any atom is -0.383 e. The smallest absolute Gasteiger partial charge is 0.0342 e. The molecular formula is C12H19N. The molecule has 13 heavy (non-hydrogen) atoms. The summed E-state index contributed by atoms with van der Waals surface area (Å²) in [5, 5.41) is 3.47. The Morgan fingerprint density at radius 1 is 1.08 bits per heavy atom. The molecule has 0 aromatic heterocycles. The SMILES string of the molecule is CC(C)C[C@H](C)Nc1ccccc1. The second-order valence-corrected chi connectivity index (χ2v) is 4.04. The minimum absolute atomic E-state index is 0.558. The number of benzene rings is 1. The summed E-state index contributed by atoms with van der Waals surface area (Å²) in [5.41, 5.74) is 1.22. The third-order valence-electron chi connectivity index (χ3n) is 2.01. The van der Waals surface area contributed by atoms with Crippen molar-refractivity contribution in [3.05, 3.63) is 30.3 Å². The predicted octanol–water partition coefficient (Wildman–Crippen LogP) is 3.53. The van der Waals surface area contributed by atoms with Crippen molar-refractivity contribution in [1.29, 1.82) is 0 Å². The first-order valence-corrected chi connectivity index (χ1v) is 5.00. The average molecular weight is 177 g/mol. The lowest BCUT2D eigenvalue weighted by Crippen LogP contribution is -2.17. The zero-order valence-electron chi connectivity index (χ0n) is 8.75. The second-order valence-electron chi connectivity index (χ2n) is 4.04. The molecule has 1 nitrogen and oxygen atoms in total. The molecule has 1 aromatic rings. The second kappa shape index (κ2) is 4.90. The van der Waals surface area contributed by atoms with Crippen LogP contribution in [0.2, 0.25) is 0 Å². The van der Waals surface area contributed by atoms with Crippen molar-refractivity contribution < 1.29 is 0 Å². The van der Waals surface area contributed by atoms with Crippen molar-refractivity contribution in [3.63, 3.8) is 0 Å². The Morgan fingerprint density at radius 2 is 1.69 bits per heavy atom. The van der Waals surface area contributed by atoms with Gasteiger partial charge in [-0.25, -0.2) is 0 Å². The van der Waals surface area contributed by atoms with E-state index in [1.54, 1.807) is 0 Å². The molecule has 0 aliphatic heterocycles. The van der Waals surface area contributed by atoms with Crippen LogP contribution in [0.5, 0.6) is 0 Å². The fourth-order valence-corrected chi connectivity index (χ4v) is 1.58. The fraction of sp³-hybridized carbons (Fsp3) is 0.500. The van der Waals surface area contributed by atoms with Gasteiger partial charge in [0.2, 0.25) is 0 Å². The van der Waals surface area contributed by atoms with E-state index in [-0.39, 0.29) is 0 Å². The Hall–Kier alpha value is -0.980. The number of nitrogens with one attached hydrogen (secondary N) is 1. The summed E-state index contributed by atoms with van der Waals surface area (Å²) in [6, 6.07) is 10.9. The third-order valence-corrected chi connectivity index (χ3v) is 2.01. The van der Waals surface area contributed by atoms with Gasteiger partial charge in [-0.2, -0.15) is 0 Å². The number of rotatable bonds is 4. The molecule has 0 saturated carbocycles. The molecule has 0 unspecified atom stereocenters. The van der Waals surface area contributed by atoms with Gasteiger partial charge >= 0.3 is 0 Å². The molecule has 1 rings (SSSR count). The highest BCUT2D eigenvalue weighted by molar-refractivity contribution is 5.43. The Morgan fingerprint density at radius 3 is 2.23 bits per heavy atom. The molecule has 1 aromatic carbocycles. The monoisotopic (exact) mass is 177 g/mol. The van der Waals surface area contributed by atoms with Gasteiger partial charge < -0.3 is 5.32 Å². The normalized spacial score (nSPS) is 12.9. The van der Waals surface area contributed by atoms with Crippen LogP contribution in [-0.2, 0) is 0 Å². The molecule has 1 N–H and O–H groups in total. The molecule has 0 radical (unpaired) electrons. The van der Waals surface area contributed by atoms with E-state index in [0.29, 0.717) is 6.04 Å². The molecule has 0 amide bonds. The molecule has 1 atom stereocenters. The lowest BCUT2D eigenvalue weighted by molar-refractivity contribution is 0.540. The van der Waals surface area contributed by atoms with Crippen molar-refractivity contribution in [2.75, 3.05) is 5.32 Å². The highest BCUT2D eigenvalue weighted by Gasteiger charge is 2.03. The first-order valence-electron chi connectivity index (χ1n) is 5.00. The maximum atomic E-state index is 3.47. The van der Waals surface area contributed by atoms with Crippen molar-refractivity contribution in [2.45, 2.75) is 33.2 Å². The van der Waals surface area contributed by atoms with E-state index in [2.05, 4.69) is 50.4 Å². The summed E-state index contributed by atoms with van der Waals surface area (Å²) in [6.07, 6.45) is 1.22. The maximum Gasteiger partial charge on any atom is 0.0342 e. The summed E-state index contributed by atoms with van der Waals surface area (Å²) in [5.74, 6) is 0.756. The highest BCUT2D eigenvalue weighted by atomic mass is 14.9. The molecule has 0 aliphatic rings. The molecule has 0 heterocycles. The van der Waals surface area contributed by atoms with Crippen LogP contribution < -0.4 is 5.32 Å². The van der Waals surface area contributed by atoms with Crippen LogP contribution in [0, 0.1) is 5.92 Å². The number of hydrogen-bond acceptors (Lipinski definition) is 1. The topological polar surface area (TPSA) is 12.0 Å². The average Bonchev–Trinajstić information content (AvgIpc) is 2.04. The van der Waals surface area contributed by atoms with Crippen LogP contribution in [0.3, 0.4) is 0 Å². The van der Waals surface area contributed by atoms with Gasteiger partial charge in [0.1, 0.15) is 0 Å². The van der Waals surface area contributed by atoms with Crippen molar-refractivity contribution >= 4 is 5.69 Å². The van der Waals surface area contributed by atoms with E-state index < -0.39 is 0 Å². The quantitative estimate of drug-likeness (QED) is 0.741. The van der Waals surface area contributed by atoms with Crippen LogP contribution >= 0.6 is 0 Å². The largest absolute Gasteiger partial charge is 0.383 e. The summed E-state index contributed by atoms with van der Waals surface area (Å²) in [4.78, 5) is 0. The molecule has 0 aliphatic carbocycles. The molecule has 0 spiro atoms. The Bertz CT molecular complexity index is 228. The van der Waals surface area contributed by atoms with E-state index in [4.69, 9.17) is 0 Å². The maximum absolute atomic E-state index is 3.47. The van der Waals surface area contributed by atoms with Gasteiger partial charge in [-0.15, -0.1) is 0 Å². The number of hydrogen-bond donors (Lipinski definition) is 1. The van der Waals surface area contributed by atoms with Gasteiger partial charge in [0.15, 0.2) is 0 Å². The van der Waals surface area contributed by atoms with Crippen molar-refractivity contribution in [1.82, 2.24) is 0 Å². The summed E-state index contributed by atoms with van der Waals surface area (Å²) >= 11 is 0. The molecule has 1 heteroatoms. The van der Waals surface area contributed by atoms with Crippen LogP contribution in [0.4, 0.5) is 5.69 Å². The van der Waals surface area contributed by atoms with Gasteiger partial charge in [0, 0.05) is 11.7 Å². The van der Waals surface area contributed by atoms with Crippen LogP contribution in [0.15, 0.2) is 30.3 Å². The minimum atomic E-state index is 0.558. The molecule has 0 bridgehead atoms. The van der Waals surface area contributed by atoms with E-state index in [1.807, 2.05) is 6.07 Å². The molecule has 0 fully saturated rings. The van der Waals surface area contributed by atoms with Crippen LogP contribution in [-0.4, -0.2) is 6.04 Å². The number of para-hydroxylation sites is 1. The molecule has 0 saturated heterocycles. The molecular weight excluding hydrogens is 158 g/mol. The number of anilines is 1. The van der Waals surface area contributed by atoms with Crippen molar-refractivity contribution in [2.24, 2.45) is 5.92 Å². The van der Waals surface area contributed by atoms with Gasteiger partial charge in [-0.3, -0.25) is 0 Å². The van der Waals surface area contributed by atoms with Gasteiger partial charge in [-0.05, 0) is 31.4 Å². The predicted molar refractivity (Wildman–Crippen MR) is 59.0 cm³/mol. The standard InChI is InChI=1S/C12H19N/c1-10(2)9-11(3)13-12-7-5-4-6-8-12/h4-8,10-11,13H,9H2,1-3H3/t11-/m0/s1. The lowest BCUT2D eigenvalue weighted by Gasteiger charge is -2.16. The van der Waals surface area contributed by atoms with E-state index in [9.17, 15) is 0 Å². The van der Waals surface area contributed by atoms with Crippen LogP contribution in [0.1, 0.15) is 27.2 Å². The third kappa shape index (κ3) is 3.97. The zero-order valence-corrected chi connectivity index (χ0v) is 8.75. The van der Waals surface area contributed by atoms with E-state index in [1.165, 1.54) is 12.1 Å². The summed E-state index contributed by atoms with van der Waals surface area (Å²) in [7, 11) is 0. The van der Waals surface area contributed by atoms with Gasteiger partial charge in [0.25, 0.3) is 0 Å². The van der Waals surface area contributed by atoms with E-state index in [0.717, 1.165) is 5.92 Å². The van der Waals surface area contributed by atoms with Crippen molar-refractivity contribution in [3.8, 4) is 0 Å². The Balaban J connectivity index is 2.41. The van der Waals surface area contributed by atoms with E-state index >= 15 is 0 Å². The zero-order chi connectivity index (χ0) is 9.68.